The van der Waals surface area contributed by atoms with Gasteiger partial charge in [-0.25, -0.2) is 13.1 Å². The van der Waals surface area contributed by atoms with E-state index in [-0.39, 0.29) is 23.8 Å². The number of rotatable bonds is 6. The Morgan fingerprint density at radius 2 is 1.96 bits per heavy atom. The van der Waals surface area contributed by atoms with Crippen molar-refractivity contribution < 1.29 is 13.2 Å². The lowest BCUT2D eigenvalue weighted by Crippen LogP contribution is -2.24. The molecule has 2 aromatic rings. The summed E-state index contributed by atoms with van der Waals surface area (Å²) in [6.45, 7) is 0.0437. The highest BCUT2D eigenvalue weighted by Gasteiger charge is 2.14. The molecule has 0 aliphatic carbocycles. The predicted molar refractivity (Wildman–Crippen MR) is 84.1 cm³/mol. The number of nitrogens with zero attached hydrogens (tertiary/aromatic N) is 2. The molecule has 2 rings (SSSR count). The van der Waals surface area contributed by atoms with Gasteiger partial charge in [0.25, 0.3) is 5.91 Å². The largest absolute Gasteiger partial charge is 0.321 e. The predicted octanol–water partition coefficient (Wildman–Crippen LogP) is 1.53. The second-order valence-electron chi connectivity index (χ2n) is 4.53. The molecule has 0 bridgehead atoms. The lowest BCUT2D eigenvalue weighted by atomic mass is 10.2. The molecule has 0 fully saturated rings. The molecule has 118 valence electrons. The summed E-state index contributed by atoms with van der Waals surface area (Å²) in [6, 6.07) is 10.8. The van der Waals surface area contributed by atoms with Gasteiger partial charge >= 0.3 is 0 Å². The number of hydrogen-bond acceptors (Lipinski definition) is 5. The van der Waals surface area contributed by atoms with E-state index in [2.05, 4.69) is 15.0 Å². The Morgan fingerprint density at radius 3 is 2.57 bits per heavy atom. The van der Waals surface area contributed by atoms with Crippen molar-refractivity contribution in [2.45, 2.75) is 11.3 Å². The molecular weight excluding hydrogens is 316 g/mol. The molecule has 1 heterocycles. The minimum absolute atomic E-state index is 0.0355. The normalized spacial score (nSPS) is 10.7. The summed E-state index contributed by atoms with van der Waals surface area (Å²) in [5.74, 6) is -0.362. The van der Waals surface area contributed by atoms with E-state index in [0.717, 1.165) is 0 Å². The van der Waals surface area contributed by atoms with Crippen LogP contribution in [-0.2, 0) is 10.0 Å². The number of anilines is 1. The number of carbonyl (C=O) groups excluding carboxylic acids is 1. The Morgan fingerprint density at radius 1 is 1.22 bits per heavy atom. The van der Waals surface area contributed by atoms with Crippen molar-refractivity contribution in [1.29, 1.82) is 5.26 Å². The molecule has 0 saturated heterocycles. The number of nitrogens with one attached hydrogen (secondary N) is 2. The van der Waals surface area contributed by atoms with Crippen LogP contribution in [0.3, 0.4) is 0 Å². The molecule has 0 saturated carbocycles. The fourth-order valence-corrected chi connectivity index (χ4v) is 2.78. The molecule has 0 aliphatic rings. The summed E-state index contributed by atoms with van der Waals surface area (Å²) in [6.07, 6.45) is 3.19. The first-order chi connectivity index (χ1) is 11.0. The maximum Gasteiger partial charge on any atom is 0.255 e. The lowest BCUT2D eigenvalue weighted by Gasteiger charge is -2.07. The highest BCUT2D eigenvalue weighted by Crippen LogP contribution is 2.12. The Kier molecular flexibility index (Phi) is 5.41. The number of amides is 1. The third-order valence-corrected chi connectivity index (χ3v) is 4.35. The number of benzene rings is 1. The van der Waals surface area contributed by atoms with E-state index in [1.54, 1.807) is 18.3 Å². The molecule has 0 radical (unpaired) electrons. The molecule has 7 nitrogen and oxygen atoms in total. The van der Waals surface area contributed by atoms with Gasteiger partial charge < -0.3 is 5.32 Å². The van der Waals surface area contributed by atoms with Crippen molar-refractivity contribution in [3.63, 3.8) is 0 Å². The zero-order valence-electron chi connectivity index (χ0n) is 12.1. The van der Waals surface area contributed by atoms with Crippen LogP contribution < -0.4 is 10.0 Å². The van der Waals surface area contributed by atoms with Crippen LogP contribution in [0.2, 0.25) is 0 Å². The van der Waals surface area contributed by atoms with E-state index in [1.807, 2.05) is 6.07 Å². The van der Waals surface area contributed by atoms with E-state index in [1.165, 1.54) is 30.5 Å². The Hall–Kier alpha value is -2.76. The smallest absolute Gasteiger partial charge is 0.255 e. The highest BCUT2D eigenvalue weighted by molar-refractivity contribution is 7.89. The summed E-state index contributed by atoms with van der Waals surface area (Å²) in [5, 5.41) is 11.1. The second-order valence-corrected chi connectivity index (χ2v) is 6.29. The number of sulfonamides is 1. The second kappa shape index (κ2) is 7.49. The summed E-state index contributed by atoms with van der Waals surface area (Å²) >= 11 is 0. The zero-order chi connectivity index (χ0) is 16.7. The molecule has 1 aromatic heterocycles. The Labute approximate surface area is 134 Å². The third kappa shape index (κ3) is 4.60. The molecule has 0 spiro atoms. The molecule has 0 unspecified atom stereocenters. The third-order valence-electron chi connectivity index (χ3n) is 2.88. The van der Waals surface area contributed by atoms with Crippen molar-refractivity contribution in [3.8, 4) is 6.07 Å². The van der Waals surface area contributed by atoms with Crippen LogP contribution in [0.1, 0.15) is 16.8 Å². The number of carbonyl (C=O) groups is 1. The van der Waals surface area contributed by atoms with Gasteiger partial charge in [-0.1, -0.05) is 0 Å². The summed E-state index contributed by atoms with van der Waals surface area (Å²) < 4.78 is 26.2. The fourth-order valence-electron chi connectivity index (χ4n) is 1.75. The summed E-state index contributed by atoms with van der Waals surface area (Å²) in [5.41, 5.74) is 0.872. The van der Waals surface area contributed by atoms with Crippen LogP contribution >= 0.6 is 0 Å². The molecule has 8 heteroatoms. The van der Waals surface area contributed by atoms with Crippen molar-refractivity contribution in [1.82, 2.24) is 9.71 Å². The molecule has 1 amide bonds. The topological polar surface area (TPSA) is 112 Å². The minimum Gasteiger partial charge on any atom is -0.321 e. The van der Waals surface area contributed by atoms with Crippen LogP contribution in [0.25, 0.3) is 0 Å². The van der Waals surface area contributed by atoms with E-state index >= 15 is 0 Å². The van der Waals surface area contributed by atoms with Crippen molar-refractivity contribution in [3.05, 3.63) is 54.4 Å². The molecule has 0 atom stereocenters. The van der Waals surface area contributed by atoms with Crippen LogP contribution in [0.5, 0.6) is 0 Å². The quantitative estimate of drug-likeness (QED) is 0.780. The van der Waals surface area contributed by atoms with Crippen LogP contribution in [-0.4, -0.2) is 25.9 Å². The van der Waals surface area contributed by atoms with Crippen LogP contribution in [0.15, 0.2) is 53.7 Å². The Balaban J connectivity index is 2.07. The minimum atomic E-state index is -3.68. The van der Waals surface area contributed by atoms with E-state index < -0.39 is 10.0 Å². The van der Waals surface area contributed by atoms with Gasteiger partial charge in [0, 0.05) is 24.7 Å². The van der Waals surface area contributed by atoms with Gasteiger partial charge in [-0.3, -0.25) is 9.78 Å². The number of aromatic nitrogens is 1. The molecular formula is C15H14N4O3S. The first-order valence-corrected chi connectivity index (χ1v) is 8.19. The first kappa shape index (κ1) is 16.6. The van der Waals surface area contributed by atoms with Gasteiger partial charge in [0.15, 0.2) is 0 Å². The van der Waals surface area contributed by atoms with E-state index in [4.69, 9.17) is 5.26 Å². The molecule has 1 aromatic carbocycles. The molecule has 23 heavy (non-hydrogen) atoms. The lowest BCUT2D eigenvalue weighted by molar-refractivity contribution is 0.102. The number of pyridine rings is 1. The molecule has 2 N–H and O–H groups in total. The fraction of sp³-hybridized carbons (Fsp3) is 0.133. The maximum atomic E-state index is 12.0. The number of nitriles is 1. The first-order valence-electron chi connectivity index (χ1n) is 6.71. The van der Waals surface area contributed by atoms with Gasteiger partial charge in [-0.05, 0) is 36.4 Å². The average Bonchev–Trinajstić information content (AvgIpc) is 2.56. The Bertz CT molecular complexity index is 812. The summed E-state index contributed by atoms with van der Waals surface area (Å²) in [4.78, 5) is 16.0. The van der Waals surface area contributed by atoms with Gasteiger partial charge in [0.2, 0.25) is 10.0 Å². The molecule has 0 aliphatic heterocycles. The SMILES string of the molecule is N#CCCNS(=O)(=O)c1ccc(C(=O)Nc2cccnc2)cc1. The van der Waals surface area contributed by atoms with Crippen LogP contribution in [0.4, 0.5) is 5.69 Å². The monoisotopic (exact) mass is 330 g/mol. The van der Waals surface area contributed by atoms with E-state index in [9.17, 15) is 13.2 Å². The van der Waals surface area contributed by atoms with Crippen molar-refractivity contribution in [2.75, 3.05) is 11.9 Å². The summed E-state index contributed by atoms with van der Waals surface area (Å²) in [7, 11) is -3.68. The maximum absolute atomic E-state index is 12.0. The van der Waals surface area contributed by atoms with Gasteiger partial charge in [-0.15, -0.1) is 0 Å². The van der Waals surface area contributed by atoms with Crippen molar-refractivity contribution >= 4 is 21.6 Å². The van der Waals surface area contributed by atoms with Gasteiger partial charge in [0.05, 0.1) is 22.8 Å². The van der Waals surface area contributed by atoms with Crippen LogP contribution in [0, 0.1) is 11.3 Å². The van der Waals surface area contributed by atoms with E-state index in [0.29, 0.717) is 11.3 Å². The average molecular weight is 330 g/mol. The van der Waals surface area contributed by atoms with Crippen molar-refractivity contribution in [2.24, 2.45) is 0 Å². The zero-order valence-corrected chi connectivity index (χ0v) is 12.9. The highest BCUT2D eigenvalue weighted by atomic mass is 32.2. The van der Waals surface area contributed by atoms with Gasteiger partial charge in [-0.2, -0.15) is 5.26 Å². The standard InChI is InChI=1S/C15H14N4O3S/c16-8-2-10-18-23(21,22)14-6-4-12(5-7-14)15(20)19-13-3-1-9-17-11-13/h1,3-7,9,11,18H,2,10H2,(H,19,20). The van der Waals surface area contributed by atoms with Gasteiger partial charge in [0.1, 0.15) is 0 Å². The number of hydrogen-bond donors (Lipinski definition) is 2.